The van der Waals surface area contributed by atoms with E-state index in [1.165, 1.54) is 0 Å². The number of primary amides is 1. The van der Waals surface area contributed by atoms with Gasteiger partial charge in [-0.15, -0.1) is 0 Å². The van der Waals surface area contributed by atoms with Gasteiger partial charge in [0.15, 0.2) is 6.61 Å². The molecule has 1 rings (SSSR count). The van der Waals surface area contributed by atoms with Gasteiger partial charge in [-0.2, -0.15) is 0 Å². The molecule has 6 nitrogen and oxygen atoms in total. The zero-order chi connectivity index (χ0) is 14.1. The number of carbonyl (C=O) groups is 2. The molecule has 1 aromatic rings. The van der Waals surface area contributed by atoms with Gasteiger partial charge >= 0.3 is 0 Å². The van der Waals surface area contributed by atoms with E-state index in [9.17, 15) is 9.59 Å². The highest BCUT2D eigenvalue weighted by molar-refractivity contribution is 5.76. The molecule has 0 saturated carbocycles. The number of hydrogen-bond donors (Lipinski definition) is 3. The fourth-order valence-corrected chi connectivity index (χ4v) is 1.43. The van der Waals surface area contributed by atoms with Gasteiger partial charge in [0, 0.05) is 19.5 Å². The molecule has 2 amide bonds. The van der Waals surface area contributed by atoms with Crippen LogP contribution in [0.3, 0.4) is 0 Å². The van der Waals surface area contributed by atoms with Gasteiger partial charge in [0.05, 0.1) is 0 Å². The zero-order valence-corrected chi connectivity index (χ0v) is 10.9. The zero-order valence-electron chi connectivity index (χ0n) is 10.9. The first-order valence-corrected chi connectivity index (χ1v) is 6.03. The van der Waals surface area contributed by atoms with Crippen LogP contribution in [0.5, 0.6) is 5.75 Å². The van der Waals surface area contributed by atoms with E-state index in [1.807, 2.05) is 6.07 Å². The number of benzene rings is 1. The summed E-state index contributed by atoms with van der Waals surface area (Å²) >= 11 is 0. The quantitative estimate of drug-likeness (QED) is 0.605. The second kappa shape index (κ2) is 8.10. The Morgan fingerprint density at radius 3 is 2.84 bits per heavy atom. The van der Waals surface area contributed by atoms with E-state index in [0.717, 1.165) is 5.56 Å². The molecule has 0 unspecified atom stereocenters. The third kappa shape index (κ3) is 6.42. The van der Waals surface area contributed by atoms with Crippen molar-refractivity contribution in [2.24, 2.45) is 5.73 Å². The molecule has 0 heterocycles. The van der Waals surface area contributed by atoms with Crippen LogP contribution >= 0.6 is 0 Å². The summed E-state index contributed by atoms with van der Waals surface area (Å²) in [6.45, 7) is 0.919. The Morgan fingerprint density at radius 1 is 1.37 bits per heavy atom. The van der Waals surface area contributed by atoms with E-state index in [2.05, 4.69) is 10.6 Å². The van der Waals surface area contributed by atoms with Gasteiger partial charge in [-0.25, -0.2) is 0 Å². The highest BCUT2D eigenvalue weighted by Crippen LogP contribution is 2.12. The lowest BCUT2D eigenvalue weighted by Crippen LogP contribution is -2.26. The van der Waals surface area contributed by atoms with Crippen LogP contribution in [0.25, 0.3) is 0 Å². The van der Waals surface area contributed by atoms with Crippen LogP contribution in [0.15, 0.2) is 24.3 Å². The van der Waals surface area contributed by atoms with Gasteiger partial charge in [-0.3, -0.25) is 9.59 Å². The molecule has 104 valence electrons. The van der Waals surface area contributed by atoms with E-state index in [-0.39, 0.29) is 12.5 Å². The largest absolute Gasteiger partial charge is 0.484 e. The van der Waals surface area contributed by atoms with Gasteiger partial charge < -0.3 is 21.1 Å². The van der Waals surface area contributed by atoms with E-state index >= 15 is 0 Å². The first-order valence-electron chi connectivity index (χ1n) is 6.03. The standard InChI is InChI=1S/C13H19N3O3/c1-15-6-5-13(18)16-8-10-3-2-4-11(7-10)19-9-12(14)17/h2-4,7,15H,5-6,8-9H2,1H3,(H2,14,17)(H,16,18). The summed E-state index contributed by atoms with van der Waals surface area (Å²) in [6.07, 6.45) is 0.439. The summed E-state index contributed by atoms with van der Waals surface area (Å²) in [5.41, 5.74) is 5.90. The summed E-state index contributed by atoms with van der Waals surface area (Å²) in [7, 11) is 1.80. The van der Waals surface area contributed by atoms with Crippen molar-refractivity contribution in [3.63, 3.8) is 0 Å². The smallest absolute Gasteiger partial charge is 0.255 e. The van der Waals surface area contributed by atoms with Gasteiger partial charge in [0.2, 0.25) is 5.91 Å². The van der Waals surface area contributed by atoms with Crippen molar-refractivity contribution < 1.29 is 14.3 Å². The molecule has 19 heavy (non-hydrogen) atoms. The Labute approximate surface area is 112 Å². The molecule has 0 spiro atoms. The number of carbonyl (C=O) groups excluding carboxylic acids is 2. The Hall–Kier alpha value is -2.08. The average molecular weight is 265 g/mol. The van der Waals surface area contributed by atoms with Gasteiger partial charge in [-0.05, 0) is 24.7 Å². The van der Waals surface area contributed by atoms with Crippen molar-refractivity contribution in [3.05, 3.63) is 29.8 Å². The fourth-order valence-electron chi connectivity index (χ4n) is 1.43. The first kappa shape index (κ1) is 15.0. The SMILES string of the molecule is CNCCC(=O)NCc1cccc(OCC(N)=O)c1. The summed E-state index contributed by atoms with van der Waals surface area (Å²) in [4.78, 5) is 22.0. The molecule has 0 saturated heterocycles. The summed E-state index contributed by atoms with van der Waals surface area (Å²) in [5.74, 6) is 0.0179. The highest BCUT2D eigenvalue weighted by atomic mass is 16.5. The molecule has 0 fully saturated rings. The van der Waals surface area contributed by atoms with E-state index in [1.54, 1.807) is 25.2 Å². The summed E-state index contributed by atoms with van der Waals surface area (Å²) in [5, 5.41) is 5.71. The molecule has 0 radical (unpaired) electrons. The lowest BCUT2D eigenvalue weighted by molar-refractivity contribution is -0.121. The second-order valence-electron chi connectivity index (χ2n) is 4.03. The van der Waals surface area contributed by atoms with Gasteiger partial charge in [0.1, 0.15) is 5.75 Å². The van der Waals surface area contributed by atoms with Crippen LogP contribution in [0, 0.1) is 0 Å². The number of amides is 2. The maximum atomic E-state index is 11.4. The van der Waals surface area contributed by atoms with Crippen LogP contribution in [0.1, 0.15) is 12.0 Å². The molecular weight excluding hydrogens is 246 g/mol. The highest BCUT2D eigenvalue weighted by Gasteiger charge is 2.02. The van der Waals surface area contributed by atoms with Gasteiger partial charge in [-0.1, -0.05) is 12.1 Å². The second-order valence-corrected chi connectivity index (χ2v) is 4.03. The van der Waals surface area contributed by atoms with Crippen molar-refractivity contribution >= 4 is 11.8 Å². The number of hydrogen-bond acceptors (Lipinski definition) is 4. The molecule has 0 aliphatic rings. The molecular formula is C13H19N3O3. The fraction of sp³-hybridized carbons (Fsp3) is 0.385. The van der Waals surface area contributed by atoms with Crippen LogP contribution < -0.4 is 21.1 Å². The van der Waals surface area contributed by atoms with Crippen molar-refractivity contribution in [2.75, 3.05) is 20.2 Å². The number of nitrogens with two attached hydrogens (primary N) is 1. The molecule has 6 heteroatoms. The molecule has 0 atom stereocenters. The summed E-state index contributed by atoms with van der Waals surface area (Å²) in [6, 6.07) is 7.16. The third-order valence-electron chi connectivity index (χ3n) is 2.37. The molecule has 0 aliphatic heterocycles. The average Bonchev–Trinajstić information content (AvgIpc) is 2.41. The topological polar surface area (TPSA) is 93.4 Å². The minimum Gasteiger partial charge on any atom is -0.484 e. The van der Waals surface area contributed by atoms with Crippen LogP contribution in [-0.4, -0.2) is 32.0 Å². The number of ether oxygens (including phenoxy) is 1. The molecule has 0 bridgehead atoms. The Morgan fingerprint density at radius 2 is 2.16 bits per heavy atom. The lowest BCUT2D eigenvalue weighted by Gasteiger charge is -2.08. The predicted molar refractivity (Wildman–Crippen MR) is 71.5 cm³/mol. The third-order valence-corrected chi connectivity index (χ3v) is 2.37. The lowest BCUT2D eigenvalue weighted by atomic mass is 10.2. The van der Waals surface area contributed by atoms with Crippen molar-refractivity contribution in [1.82, 2.24) is 10.6 Å². The Kier molecular flexibility index (Phi) is 6.38. The van der Waals surface area contributed by atoms with Crippen molar-refractivity contribution in [2.45, 2.75) is 13.0 Å². The monoisotopic (exact) mass is 265 g/mol. The predicted octanol–water partition coefficient (Wildman–Crippen LogP) is -0.224. The van der Waals surface area contributed by atoms with E-state index < -0.39 is 5.91 Å². The minimum absolute atomic E-state index is 0.0159. The molecule has 0 aromatic heterocycles. The maximum Gasteiger partial charge on any atom is 0.255 e. The first-order chi connectivity index (χ1) is 9.11. The number of nitrogens with one attached hydrogen (secondary N) is 2. The molecule has 4 N–H and O–H groups in total. The van der Waals surface area contributed by atoms with E-state index in [0.29, 0.717) is 25.3 Å². The maximum absolute atomic E-state index is 11.4. The van der Waals surface area contributed by atoms with Gasteiger partial charge in [0.25, 0.3) is 5.91 Å². The van der Waals surface area contributed by atoms with Crippen molar-refractivity contribution in [3.8, 4) is 5.75 Å². The van der Waals surface area contributed by atoms with Crippen LogP contribution in [0.2, 0.25) is 0 Å². The van der Waals surface area contributed by atoms with Crippen molar-refractivity contribution in [1.29, 1.82) is 0 Å². The Bertz CT molecular complexity index is 435. The van der Waals surface area contributed by atoms with Crippen LogP contribution in [-0.2, 0) is 16.1 Å². The summed E-state index contributed by atoms with van der Waals surface area (Å²) < 4.78 is 5.18. The number of rotatable bonds is 8. The Balaban J connectivity index is 2.43. The van der Waals surface area contributed by atoms with Crippen LogP contribution in [0.4, 0.5) is 0 Å². The molecule has 0 aliphatic carbocycles. The minimum atomic E-state index is -0.522. The normalized spacial score (nSPS) is 9.95. The molecule has 1 aromatic carbocycles. The van der Waals surface area contributed by atoms with E-state index in [4.69, 9.17) is 10.5 Å².